The normalized spacial score (nSPS) is 11.8. The summed E-state index contributed by atoms with van der Waals surface area (Å²) < 4.78 is 10.7. The van der Waals surface area contributed by atoms with Crippen LogP contribution in [0.3, 0.4) is 0 Å². The lowest BCUT2D eigenvalue weighted by Gasteiger charge is -2.11. The molecule has 0 aromatic heterocycles. The first-order chi connectivity index (χ1) is 10.0. The van der Waals surface area contributed by atoms with E-state index in [1.165, 1.54) is 25.3 Å². The molecule has 2 rings (SSSR count). The number of methoxy groups -OCH3 is 1. The van der Waals surface area contributed by atoms with Crippen LogP contribution in [0.25, 0.3) is 0 Å². The molecule has 0 bridgehead atoms. The van der Waals surface area contributed by atoms with E-state index in [1.54, 1.807) is 31.2 Å². The highest BCUT2D eigenvalue weighted by Gasteiger charge is 2.13. The quantitative estimate of drug-likeness (QED) is 0.673. The van der Waals surface area contributed by atoms with Crippen LogP contribution in [-0.2, 0) is 0 Å². The molecular weight excluding hydrogens is 274 g/mol. The number of rotatable bonds is 5. The Hall–Kier alpha value is -2.60. The molecule has 1 atom stereocenters. The van der Waals surface area contributed by atoms with E-state index in [-0.39, 0.29) is 11.4 Å². The van der Waals surface area contributed by atoms with Crippen LogP contribution in [0.5, 0.6) is 17.2 Å². The summed E-state index contributed by atoms with van der Waals surface area (Å²) in [5.74, 6) is 1.21. The number of non-ortho nitro benzene ring substituents is 1. The largest absolute Gasteiger partial charge is 0.493 e. The first kappa shape index (κ1) is 14.8. The second-order valence-electron chi connectivity index (χ2n) is 4.44. The van der Waals surface area contributed by atoms with E-state index in [2.05, 4.69) is 0 Å². The van der Waals surface area contributed by atoms with Crippen LogP contribution in [0.15, 0.2) is 42.5 Å². The zero-order valence-electron chi connectivity index (χ0n) is 11.6. The van der Waals surface area contributed by atoms with Crippen molar-refractivity contribution in [2.75, 3.05) is 7.11 Å². The van der Waals surface area contributed by atoms with Gasteiger partial charge in [0.15, 0.2) is 11.5 Å². The number of nitro benzene ring substituents is 1. The first-order valence-corrected chi connectivity index (χ1v) is 6.29. The third kappa shape index (κ3) is 3.49. The summed E-state index contributed by atoms with van der Waals surface area (Å²) >= 11 is 0. The SMILES string of the molecule is COc1cc([N+](=O)[O-])ccc1Oc1ccc([C@H](C)O)cc1. The van der Waals surface area contributed by atoms with Crippen molar-refractivity contribution in [1.82, 2.24) is 0 Å². The van der Waals surface area contributed by atoms with Crippen molar-refractivity contribution in [3.8, 4) is 17.2 Å². The molecule has 6 nitrogen and oxygen atoms in total. The van der Waals surface area contributed by atoms with E-state index in [0.717, 1.165) is 5.56 Å². The highest BCUT2D eigenvalue weighted by Crippen LogP contribution is 2.34. The number of benzene rings is 2. The molecular formula is C15H15NO5. The Labute approximate surface area is 121 Å². The maximum Gasteiger partial charge on any atom is 0.273 e. The molecule has 0 amide bonds. The third-order valence-corrected chi connectivity index (χ3v) is 2.95. The topological polar surface area (TPSA) is 81.8 Å². The number of hydrogen-bond acceptors (Lipinski definition) is 5. The summed E-state index contributed by atoms with van der Waals surface area (Å²) in [7, 11) is 1.42. The van der Waals surface area contributed by atoms with Crippen molar-refractivity contribution in [2.45, 2.75) is 13.0 Å². The van der Waals surface area contributed by atoms with Gasteiger partial charge in [-0.15, -0.1) is 0 Å². The second kappa shape index (κ2) is 6.23. The minimum atomic E-state index is -0.548. The van der Waals surface area contributed by atoms with Crippen molar-refractivity contribution in [1.29, 1.82) is 0 Å². The van der Waals surface area contributed by atoms with E-state index in [4.69, 9.17) is 9.47 Å². The number of nitro groups is 1. The molecule has 0 spiro atoms. The Morgan fingerprint density at radius 2 is 1.81 bits per heavy atom. The Morgan fingerprint density at radius 1 is 1.14 bits per heavy atom. The number of hydrogen-bond donors (Lipinski definition) is 1. The van der Waals surface area contributed by atoms with E-state index in [0.29, 0.717) is 11.5 Å². The van der Waals surface area contributed by atoms with Gasteiger partial charge in [-0.05, 0) is 30.7 Å². The monoisotopic (exact) mass is 289 g/mol. The summed E-state index contributed by atoms with van der Waals surface area (Å²) in [6.07, 6.45) is -0.548. The van der Waals surface area contributed by atoms with Gasteiger partial charge in [-0.2, -0.15) is 0 Å². The van der Waals surface area contributed by atoms with Crippen molar-refractivity contribution in [2.24, 2.45) is 0 Å². The molecule has 0 aliphatic heterocycles. The van der Waals surface area contributed by atoms with Crippen LogP contribution in [0.1, 0.15) is 18.6 Å². The van der Waals surface area contributed by atoms with Crippen molar-refractivity contribution in [3.63, 3.8) is 0 Å². The maximum absolute atomic E-state index is 10.7. The molecule has 110 valence electrons. The average Bonchev–Trinajstić information content (AvgIpc) is 2.48. The molecule has 0 aliphatic carbocycles. The Bertz CT molecular complexity index is 637. The second-order valence-corrected chi connectivity index (χ2v) is 4.44. The van der Waals surface area contributed by atoms with E-state index in [1.807, 2.05) is 0 Å². The maximum atomic E-state index is 10.7. The summed E-state index contributed by atoms with van der Waals surface area (Å²) in [5, 5.41) is 20.2. The van der Waals surface area contributed by atoms with E-state index < -0.39 is 11.0 Å². The molecule has 0 radical (unpaired) electrons. The minimum Gasteiger partial charge on any atom is -0.493 e. The lowest BCUT2D eigenvalue weighted by Crippen LogP contribution is -1.94. The van der Waals surface area contributed by atoms with E-state index >= 15 is 0 Å². The van der Waals surface area contributed by atoms with Gasteiger partial charge in [0.2, 0.25) is 0 Å². The average molecular weight is 289 g/mol. The summed E-state index contributed by atoms with van der Waals surface area (Å²) in [5.41, 5.74) is 0.710. The van der Waals surface area contributed by atoms with Crippen molar-refractivity contribution < 1.29 is 19.5 Å². The highest BCUT2D eigenvalue weighted by molar-refractivity contribution is 5.50. The van der Waals surface area contributed by atoms with Crippen molar-refractivity contribution in [3.05, 3.63) is 58.1 Å². The minimum absolute atomic E-state index is 0.0661. The van der Waals surface area contributed by atoms with Gasteiger partial charge in [0.25, 0.3) is 5.69 Å². The van der Waals surface area contributed by atoms with Crippen molar-refractivity contribution >= 4 is 5.69 Å². The van der Waals surface area contributed by atoms with Crippen LogP contribution < -0.4 is 9.47 Å². The molecule has 21 heavy (non-hydrogen) atoms. The van der Waals surface area contributed by atoms with Gasteiger partial charge in [0.05, 0.1) is 24.2 Å². The highest BCUT2D eigenvalue weighted by atomic mass is 16.6. The molecule has 6 heteroatoms. The predicted molar refractivity (Wildman–Crippen MR) is 76.8 cm³/mol. The molecule has 0 heterocycles. The molecule has 0 saturated carbocycles. The lowest BCUT2D eigenvalue weighted by molar-refractivity contribution is -0.384. The number of nitrogens with zero attached hydrogens (tertiary/aromatic N) is 1. The lowest BCUT2D eigenvalue weighted by atomic mass is 10.1. The summed E-state index contributed by atoms with van der Waals surface area (Å²) in [4.78, 5) is 10.2. The fourth-order valence-corrected chi connectivity index (χ4v) is 1.80. The van der Waals surface area contributed by atoms with Crippen LogP contribution in [0.4, 0.5) is 5.69 Å². The van der Waals surface area contributed by atoms with Gasteiger partial charge in [0.1, 0.15) is 5.75 Å². The predicted octanol–water partition coefficient (Wildman–Crippen LogP) is 3.45. The summed E-state index contributed by atoms with van der Waals surface area (Å²) in [6.45, 7) is 1.68. The Morgan fingerprint density at radius 3 is 2.33 bits per heavy atom. The number of ether oxygens (including phenoxy) is 2. The zero-order valence-corrected chi connectivity index (χ0v) is 11.6. The van der Waals surface area contributed by atoms with Gasteiger partial charge in [-0.25, -0.2) is 0 Å². The van der Waals surface area contributed by atoms with Gasteiger partial charge in [-0.1, -0.05) is 12.1 Å². The fourth-order valence-electron chi connectivity index (χ4n) is 1.80. The molecule has 0 fully saturated rings. The standard InChI is InChI=1S/C15H15NO5/c1-10(17)11-3-6-13(7-4-11)21-14-8-5-12(16(18)19)9-15(14)20-2/h3-10,17H,1-2H3/t10-/m0/s1. The number of aliphatic hydroxyl groups is 1. The molecule has 2 aromatic carbocycles. The molecule has 0 aliphatic rings. The number of aliphatic hydroxyl groups excluding tert-OH is 1. The summed E-state index contributed by atoms with van der Waals surface area (Å²) in [6, 6.07) is 11.1. The smallest absolute Gasteiger partial charge is 0.273 e. The zero-order chi connectivity index (χ0) is 15.4. The molecule has 2 aromatic rings. The third-order valence-electron chi connectivity index (χ3n) is 2.95. The van der Waals surface area contributed by atoms with Gasteiger partial charge in [0, 0.05) is 6.07 Å². The Kier molecular flexibility index (Phi) is 4.39. The molecule has 1 N–H and O–H groups in total. The van der Waals surface area contributed by atoms with Gasteiger partial charge < -0.3 is 14.6 Å². The van der Waals surface area contributed by atoms with Gasteiger partial charge >= 0.3 is 0 Å². The van der Waals surface area contributed by atoms with Crippen LogP contribution in [-0.4, -0.2) is 17.1 Å². The van der Waals surface area contributed by atoms with Crippen LogP contribution in [0, 0.1) is 10.1 Å². The fraction of sp³-hybridized carbons (Fsp3) is 0.200. The Balaban J connectivity index is 2.24. The first-order valence-electron chi connectivity index (χ1n) is 6.29. The van der Waals surface area contributed by atoms with E-state index in [9.17, 15) is 15.2 Å². The van der Waals surface area contributed by atoms with Gasteiger partial charge in [-0.3, -0.25) is 10.1 Å². The van der Waals surface area contributed by atoms with Crippen LogP contribution >= 0.6 is 0 Å². The van der Waals surface area contributed by atoms with Crippen LogP contribution in [0.2, 0.25) is 0 Å². The molecule has 0 saturated heterocycles. The molecule has 0 unspecified atom stereocenters.